The van der Waals surface area contributed by atoms with Crippen molar-refractivity contribution in [2.24, 2.45) is 19.8 Å². The predicted octanol–water partition coefficient (Wildman–Crippen LogP) is 2.23. The highest BCUT2D eigenvalue weighted by molar-refractivity contribution is 6.31. The first-order valence-electron chi connectivity index (χ1n) is 7.23. The molecule has 0 aliphatic carbocycles. The summed E-state index contributed by atoms with van der Waals surface area (Å²) in [4.78, 5) is 0. The second kappa shape index (κ2) is 6.20. The van der Waals surface area contributed by atoms with E-state index in [0.29, 0.717) is 0 Å². The molecule has 0 fully saturated rings. The summed E-state index contributed by atoms with van der Waals surface area (Å²) in [6, 6.07) is 0.0660. The van der Waals surface area contributed by atoms with Crippen molar-refractivity contribution in [2.75, 3.05) is 0 Å². The lowest BCUT2D eigenvalue weighted by Gasteiger charge is -2.12. The van der Waals surface area contributed by atoms with Gasteiger partial charge in [-0.2, -0.15) is 10.2 Å². The van der Waals surface area contributed by atoms with Crippen LogP contribution in [0.4, 0.5) is 0 Å². The molecule has 0 aliphatic heterocycles. The van der Waals surface area contributed by atoms with Crippen LogP contribution in [0.2, 0.25) is 5.02 Å². The normalized spacial score (nSPS) is 12.9. The largest absolute Gasteiger partial charge is 0.327 e. The van der Waals surface area contributed by atoms with Crippen molar-refractivity contribution in [1.82, 2.24) is 19.6 Å². The zero-order valence-corrected chi connectivity index (χ0v) is 14.2. The standard InChI is InChI=1S/C15H24ClN5/c1-9-13(11(3)20(4)18-9)7-6-12(17)8-14-15(16)10(2)19-21(14)5/h12H,6-8,17H2,1-5H3. The van der Waals surface area contributed by atoms with E-state index in [2.05, 4.69) is 24.0 Å². The number of aromatic nitrogens is 4. The van der Waals surface area contributed by atoms with Crippen LogP contribution in [0.3, 0.4) is 0 Å². The number of hydrogen-bond donors (Lipinski definition) is 1. The average Bonchev–Trinajstić information content (AvgIpc) is 2.79. The summed E-state index contributed by atoms with van der Waals surface area (Å²) in [5.41, 5.74) is 11.8. The van der Waals surface area contributed by atoms with Gasteiger partial charge in [0.1, 0.15) is 0 Å². The summed E-state index contributed by atoms with van der Waals surface area (Å²) < 4.78 is 3.76. The highest BCUT2D eigenvalue weighted by Gasteiger charge is 2.16. The summed E-state index contributed by atoms with van der Waals surface area (Å²) in [6.45, 7) is 6.07. The Hall–Kier alpha value is -1.33. The van der Waals surface area contributed by atoms with Gasteiger partial charge in [-0.25, -0.2) is 0 Å². The molecule has 0 spiro atoms. The van der Waals surface area contributed by atoms with Gasteiger partial charge in [-0.15, -0.1) is 0 Å². The Balaban J connectivity index is 2.01. The molecule has 0 saturated heterocycles. The fraction of sp³-hybridized carbons (Fsp3) is 0.600. The molecular formula is C15H24ClN5. The quantitative estimate of drug-likeness (QED) is 0.921. The fourth-order valence-corrected chi connectivity index (χ4v) is 3.00. The molecule has 2 heterocycles. The van der Waals surface area contributed by atoms with Crippen LogP contribution in [-0.4, -0.2) is 25.6 Å². The van der Waals surface area contributed by atoms with Crippen LogP contribution >= 0.6 is 11.6 Å². The molecule has 2 aromatic rings. The second-order valence-electron chi connectivity index (χ2n) is 5.75. The zero-order valence-electron chi connectivity index (χ0n) is 13.4. The Bertz CT molecular complexity index is 641. The van der Waals surface area contributed by atoms with Crippen molar-refractivity contribution >= 4 is 11.6 Å². The number of halogens is 1. The van der Waals surface area contributed by atoms with E-state index in [1.54, 1.807) is 0 Å². The highest BCUT2D eigenvalue weighted by Crippen LogP contribution is 2.22. The van der Waals surface area contributed by atoms with Crippen molar-refractivity contribution in [1.29, 1.82) is 0 Å². The number of hydrogen-bond acceptors (Lipinski definition) is 3. The first-order valence-corrected chi connectivity index (χ1v) is 7.61. The summed E-state index contributed by atoms with van der Waals surface area (Å²) in [6.07, 6.45) is 2.60. The Morgan fingerprint density at radius 1 is 1.10 bits per heavy atom. The van der Waals surface area contributed by atoms with E-state index in [0.717, 1.165) is 41.4 Å². The van der Waals surface area contributed by atoms with Gasteiger partial charge < -0.3 is 5.73 Å². The molecule has 6 heteroatoms. The zero-order chi connectivity index (χ0) is 15.7. The molecular weight excluding hydrogens is 286 g/mol. The molecule has 116 valence electrons. The molecule has 21 heavy (non-hydrogen) atoms. The van der Waals surface area contributed by atoms with E-state index >= 15 is 0 Å². The summed E-state index contributed by atoms with van der Waals surface area (Å²) in [5, 5.41) is 9.51. The lowest BCUT2D eigenvalue weighted by atomic mass is 10.0. The summed E-state index contributed by atoms with van der Waals surface area (Å²) >= 11 is 6.28. The molecule has 0 saturated carbocycles. The molecule has 1 atom stereocenters. The number of nitrogens with zero attached hydrogens (tertiary/aromatic N) is 4. The van der Waals surface area contributed by atoms with Gasteiger partial charge in [0.05, 0.1) is 22.1 Å². The van der Waals surface area contributed by atoms with E-state index in [-0.39, 0.29) is 6.04 Å². The summed E-state index contributed by atoms with van der Waals surface area (Å²) in [7, 11) is 3.89. The molecule has 1 unspecified atom stereocenters. The maximum absolute atomic E-state index is 6.28. The number of rotatable bonds is 5. The van der Waals surface area contributed by atoms with Crippen molar-refractivity contribution < 1.29 is 0 Å². The Kier molecular flexibility index (Phi) is 4.74. The topological polar surface area (TPSA) is 61.7 Å². The minimum Gasteiger partial charge on any atom is -0.327 e. The van der Waals surface area contributed by atoms with Crippen LogP contribution in [-0.2, 0) is 26.9 Å². The van der Waals surface area contributed by atoms with Crippen molar-refractivity contribution in [3.05, 3.63) is 33.4 Å². The average molecular weight is 310 g/mol. The highest BCUT2D eigenvalue weighted by atomic mass is 35.5. The van der Waals surface area contributed by atoms with Crippen molar-refractivity contribution in [3.63, 3.8) is 0 Å². The van der Waals surface area contributed by atoms with E-state index in [4.69, 9.17) is 17.3 Å². The third kappa shape index (κ3) is 3.30. The molecule has 0 amide bonds. The van der Waals surface area contributed by atoms with E-state index in [1.165, 1.54) is 11.3 Å². The fourth-order valence-electron chi connectivity index (χ4n) is 2.76. The number of aryl methyl sites for hydroxylation is 4. The maximum Gasteiger partial charge on any atom is 0.0847 e. The first kappa shape index (κ1) is 16.0. The minimum absolute atomic E-state index is 0.0660. The third-order valence-electron chi connectivity index (χ3n) is 4.14. The SMILES string of the molecule is Cc1nn(C)c(CC(N)CCc2c(C)nn(C)c2C)c1Cl. The molecule has 2 aromatic heterocycles. The number of nitrogens with two attached hydrogens (primary N) is 1. The van der Waals surface area contributed by atoms with Crippen molar-refractivity contribution in [3.8, 4) is 0 Å². The molecule has 2 N–H and O–H groups in total. The van der Waals surface area contributed by atoms with Gasteiger partial charge in [0.2, 0.25) is 0 Å². The Labute approximate surface area is 131 Å². The van der Waals surface area contributed by atoms with Crippen LogP contribution < -0.4 is 5.73 Å². The van der Waals surface area contributed by atoms with E-state index < -0.39 is 0 Å². The summed E-state index contributed by atoms with van der Waals surface area (Å²) in [5.74, 6) is 0. The van der Waals surface area contributed by atoms with E-state index in [9.17, 15) is 0 Å². The molecule has 2 rings (SSSR count). The van der Waals surface area contributed by atoms with Crippen LogP contribution in [0.15, 0.2) is 0 Å². The lowest BCUT2D eigenvalue weighted by molar-refractivity contribution is 0.576. The monoisotopic (exact) mass is 309 g/mol. The second-order valence-corrected chi connectivity index (χ2v) is 6.12. The molecule has 0 bridgehead atoms. The van der Waals surface area contributed by atoms with Crippen molar-refractivity contribution in [2.45, 2.75) is 46.1 Å². The van der Waals surface area contributed by atoms with Crippen LogP contribution in [0.1, 0.15) is 34.8 Å². The lowest BCUT2D eigenvalue weighted by Crippen LogP contribution is -2.25. The van der Waals surface area contributed by atoms with Crippen LogP contribution in [0.25, 0.3) is 0 Å². The molecule has 5 nitrogen and oxygen atoms in total. The van der Waals surface area contributed by atoms with Gasteiger partial charge in [0.25, 0.3) is 0 Å². The molecule has 0 aliphatic rings. The smallest absolute Gasteiger partial charge is 0.0847 e. The molecule has 0 radical (unpaired) electrons. The van der Waals surface area contributed by atoms with Gasteiger partial charge in [-0.05, 0) is 39.2 Å². The Morgan fingerprint density at radius 3 is 2.19 bits per heavy atom. The van der Waals surface area contributed by atoms with Gasteiger partial charge in [-0.1, -0.05) is 11.6 Å². The first-order chi connectivity index (χ1) is 9.81. The Morgan fingerprint density at radius 2 is 1.71 bits per heavy atom. The maximum atomic E-state index is 6.28. The van der Waals surface area contributed by atoms with Crippen LogP contribution in [0.5, 0.6) is 0 Å². The van der Waals surface area contributed by atoms with Gasteiger partial charge >= 0.3 is 0 Å². The van der Waals surface area contributed by atoms with Crippen LogP contribution in [0, 0.1) is 20.8 Å². The van der Waals surface area contributed by atoms with Gasteiger partial charge in [0, 0.05) is 32.3 Å². The molecule has 0 aromatic carbocycles. The van der Waals surface area contributed by atoms with Gasteiger partial charge in [0.15, 0.2) is 0 Å². The van der Waals surface area contributed by atoms with Gasteiger partial charge in [-0.3, -0.25) is 9.36 Å². The predicted molar refractivity (Wildman–Crippen MR) is 85.6 cm³/mol. The third-order valence-corrected chi connectivity index (χ3v) is 4.63. The van der Waals surface area contributed by atoms with E-state index in [1.807, 2.05) is 30.4 Å². The minimum atomic E-state index is 0.0660.